The van der Waals surface area contributed by atoms with Crippen molar-refractivity contribution in [2.24, 2.45) is 0 Å². The molecule has 0 saturated carbocycles. The number of piperidine rings is 1. The second-order valence-electron chi connectivity index (χ2n) is 7.82. The number of fused-ring (bicyclic) bond motifs is 1. The number of nitrogens with one attached hydrogen (secondary N) is 2. The topological polar surface area (TPSA) is 58.0 Å². The van der Waals surface area contributed by atoms with E-state index in [9.17, 15) is 17.6 Å². The van der Waals surface area contributed by atoms with Crippen molar-refractivity contribution in [1.29, 1.82) is 0 Å². The van der Waals surface area contributed by atoms with Crippen LogP contribution in [0.4, 0.5) is 23.2 Å². The highest BCUT2D eigenvalue weighted by Crippen LogP contribution is 2.36. The Morgan fingerprint density at radius 3 is 2.77 bits per heavy atom. The average molecular weight is 457 g/mol. The van der Waals surface area contributed by atoms with Crippen molar-refractivity contribution in [2.45, 2.75) is 37.9 Å². The van der Waals surface area contributed by atoms with Crippen LogP contribution in [0.1, 0.15) is 11.4 Å². The Kier molecular flexibility index (Phi) is 6.18. The number of aromatic nitrogens is 3. The minimum atomic E-state index is -4.40. The summed E-state index contributed by atoms with van der Waals surface area (Å²) in [6, 6.07) is 6.42. The van der Waals surface area contributed by atoms with E-state index in [-0.39, 0.29) is 6.04 Å². The first-order valence-electron chi connectivity index (χ1n) is 10.0. The number of anilines is 1. The van der Waals surface area contributed by atoms with Gasteiger partial charge in [-0.1, -0.05) is 17.4 Å². The van der Waals surface area contributed by atoms with Crippen LogP contribution in [0.5, 0.6) is 0 Å². The summed E-state index contributed by atoms with van der Waals surface area (Å²) >= 11 is 1.25. The normalized spacial score (nSPS) is 20.5. The Hall–Kier alpha value is -2.24. The highest BCUT2D eigenvalue weighted by atomic mass is 32.1. The van der Waals surface area contributed by atoms with Gasteiger partial charge in [0.25, 0.3) is 0 Å². The Balaban J connectivity index is 1.76. The maximum Gasteiger partial charge on any atom is 0.406 e. The molecule has 0 spiro atoms. The lowest BCUT2D eigenvalue weighted by molar-refractivity contribution is -0.139. The van der Waals surface area contributed by atoms with E-state index in [0.717, 1.165) is 6.54 Å². The molecule has 2 aromatic heterocycles. The summed E-state index contributed by atoms with van der Waals surface area (Å²) in [5.41, 5.74) is 1.39. The predicted octanol–water partition coefficient (Wildman–Crippen LogP) is 3.90. The van der Waals surface area contributed by atoms with E-state index in [0.29, 0.717) is 51.8 Å². The molecule has 0 bridgehead atoms. The van der Waals surface area contributed by atoms with Crippen LogP contribution in [0, 0.1) is 0 Å². The zero-order valence-corrected chi connectivity index (χ0v) is 18.0. The van der Waals surface area contributed by atoms with Gasteiger partial charge < -0.3 is 20.1 Å². The van der Waals surface area contributed by atoms with Crippen molar-refractivity contribution in [1.82, 2.24) is 25.0 Å². The van der Waals surface area contributed by atoms with Gasteiger partial charge in [-0.25, -0.2) is 4.39 Å². The monoisotopic (exact) mass is 456 g/mol. The van der Waals surface area contributed by atoms with Crippen LogP contribution in [-0.4, -0.2) is 65.2 Å². The average Bonchev–Trinajstić information content (AvgIpc) is 3.29. The van der Waals surface area contributed by atoms with Crippen molar-refractivity contribution in [3.63, 3.8) is 0 Å². The quantitative estimate of drug-likeness (QED) is 0.551. The first kappa shape index (κ1) is 22.0. The van der Waals surface area contributed by atoms with Crippen LogP contribution in [0.2, 0.25) is 0 Å². The van der Waals surface area contributed by atoms with Crippen molar-refractivity contribution in [3.8, 4) is 10.7 Å². The molecule has 1 fully saturated rings. The molecule has 1 saturated heterocycles. The van der Waals surface area contributed by atoms with Gasteiger partial charge in [-0.05, 0) is 38.7 Å². The molecule has 6 nitrogen and oxygen atoms in total. The molecule has 1 aliphatic heterocycles. The fourth-order valence-electron chi connectivity index (χ4n) is 3.94. The smallest absolute Gasteiger partial charge is 0.379 e. The summed E-state index contributed by atoms with van der Waals surface area (Å²) in [5, 5.41) is 16.1. The summed E-state index contributed by atoms with van der Waals surface area (Å²) in [6.45, 7) is 0.425. The van der Waals surface area contributed by atoms with Gasteiger partial charge in [0.15, 0.2) is 5.01 Å². The van der Waals surface area contributed by atoms with E-state index in [1.165, 1.54) is 15.9 Å². The van der Waals surface area contributed by atoms with Crippen LogP contribution in [0.15, 0.2) is 24.3 Å². The maximum absolute atomic E-state index is 14.6. The third-order valence-electron chi connectivity index (χ3n) is 5.38. The Labute approximate surface area is 181 Å². The highest BCUT2D eigenvalue weighted by molar-refractivity contribution is 7.14. The Morgan fingerprint density at radius 2 is 2.06 bits per heavy atom. The van der Waals surface area contributed by atoms with Crippen molar-refractivity contribution >= 4 is 27.9 Å². The molecule has 0 aliphatic carbocycles. The predicted molar refractivity (Wildman–Crippen MR) is 114 cm³/mol. The third-order valence-corrected chi connectivity index (χ3v) is 6.33. The number of benzene rings is 1. The lowest BCUT2D eigenvalue weighted by Gasteiger charge is -2.33. The number of hydrogen-bond acceptors (Lipinski definition) is 6. The van der Waals surface area contributed by atoms with Crippen molar-refractivity contribution in [3.05, 3.63) is 29.3 Å². The molecule has 2 N–H and O–H groups in total. The van der Waals surface area contributed by atoms with E-state index in [4.69, 9.17) is 0 Å². The molecular weight excluding hydrogens is 432 g/mol. The second-order valence-corrected chi connectivity index (χ2v) is 8.88. The van der Waals surface area contributed by atoms with E-state index in [1.807, 2.05) is 11.9 Å². The highest BCUT2D eigenvalue weighted by Gasteiger charge is 2.32. The van der Waals surface area contributed by atoms with Gasteiger partial charge in [0.05, 0.1) is 17.3 Å². The molecule has 3 heterocycles. The van der Waals surface area contributed by atoms with E-state index >= 15 is 0 Å². The fraction of sp³-hybridized carbons (Fsp3) is 0.500. The van der Waals surface area contributed by atoms with Gasteiger partial charge in [-0.2, -0.15) is 13.2 Å². The number of alkyl halides is 4. The number of rotatable bonds is 6. The van der Waals surface area contributed by atoms with Gasteiger partial charge in [0.2, 0.25) is 0 Å². The zero-order chi connectivity index (χ0) is 22.2. The molecule has 0 radical (unpaired) electrons. The first-order chi connectivity index (χ1) is 14.7. The van der Waals surface area contributed by atoms with Gasteiger partial charge in [0, 0.05) is 30.7 Å². The molecule has 4 rings (SSSR count). The second kappa shape index (κ2) is 8.71. The van der Waals surface area contributed by atoms with Crippen LogP contribution >= 0.6 is 11.3 Å². The fourth-order valence-corrected chi connectivity index (χ4v) is 4.81. The number of nitrogens with zero attached hydrogens (tertiary/aromatic N) is 4. The zero-order valence-electron chi connectivity index (χ0n) is 17.2. The summed E-state index contributed by atoms with van der Waals surface area (Å²) in [7, 11) is 3.64. The molecule has 1 aliphatic rings. The van der Waals surface area contributed by atoms with Crippen LogP contribution in [-0.2, 0) is 13.1 Å². The summed E-state index contributed by atoms with van der Waals surface area (Å²) in [5.74, 6) is 0. The third kappa shape index (κ3) is 4.83. The van der Waals surface area contributed by atoms with E-state index in [2.05, 4.69) is 20.8 Å². The lowest BCUT2D eigenvalue weighted by atomic mass is 10.0. The van der Waals surface area contributed by atoms with Gasteiger partial charge in [-0.15, -0.1) is 10.2 Å². The Bertz CT molecular complexity index is 1050. The molecule has 1 aromatic carbocycles. The maximum atomic E-state index is 14.6. The van der Waals surface area contributed by atoms with Crippen molar-refractivity contribution in [2.75, 3.05) is 32.5 Å². The molecule has 31 heavy (non-hydrogen) atoms. The molecule has 0 unspecified atom stereocenters. The van der Waals surface area contributed by atoms with Crippen molar-refractivity contribution < 1.29 is 17.6 Å². The summed E-state index contributed by atoms with van der Waals surface area (Å²) in [4.78, 5) is 1.93. The summed E-state index contributed by atoms with van der Waals surface area (Å²) < 4.78 is 56.0. The molecule has 0 amide bonds. The molecule has 2 atom stereocenters. The molecule has 3 aromatic rings. The SMILES string of the molecule is CNCc1nnc(-c2cc3c(N[C@@H]4CCN(C)C[C@@H]4F)cccc3n2CC(F)(F)F)s1. The van der Waals surface area contributed by atoms with Crippen LogP contribution < -0.4 is 10.6 Å². The number of likely N-dealkylation sites (tertiary alicyclic amines) is 1. The lowest BCUT2D eigenvalue weighted by Crippen LogP contribution is -2.46. The molecule has 168 valence electrons. The van der Waals surface area contributed by atoms with Gasteiger partial charge >= 0.3 is 6.18 Å². The minimum Gasteiger partial charge on any atom is -0.379 e. The number of halogens is 4. The van der Waals surface area contributed by atoms with Crippen LogP contribution in [0.3, 0.4) is 0 Å². The first-order valence-corrected chi connectivity index (χ1v) is 10.8. The number of hydrogen-bond donors (Lipinski definition) is 2. The van der Waals surface area contributed by atoms with E-state index in [1.54, 1.807) is 31.3 Å². The standard InChI is InChI=1S/C20H24F4N6S/c1-25-9-18-27-28-19(31-18)17-8-12-14(26-15-6-7-29(2)10-13(15)21)4-3-5-16(12)30(17)11-20(22,23)24/h3-5,8,13,15,25-26H,6-7,9-11H2,1-2H3/t13-,15+/m0/s1. The largest absolute Gasteiger partial charge is 0.406 e. The van der Waals surface area contributed by atoms with Crippen LogP contribution in [0.25, 0.3) is 21.6 Å². The molecule has 11 heteroatoms. The van der Waals surface area contributed by atoms with E-state index < -0.39 is 18.9 Å². The van der Waals surface area contributed by atoms with Gasteiger partial charge in [-0.3, -0.25) is 0 Å². The summed E-state index contributed by atoms with van der Waals surface area (Å²) in [6.07, 6.45) is -4.84. The minimum absolute atomic E-state index is 0.326. The Morgan fingerprint density at radius 1 is 1.26 bits per heavy atom. The molecular formula is C20H24F4N6S. The van der Waals surface area contributed by atoms with Gasteiger partial charge in [0.1, 0.15) is 17.7 Å².